The summed E-state index contributed by atoms with van der Waals surface area (Å²) in [6, 6.07) is 9.85. The number of hydrogen-bond acceptors (Lipinski definition) is 3. The summed E-state index contributed by atoms with van der Waals surface area (Å²) >= 11 is 0. The smallest absolute Gasteiger partial charge is 0.223 e. The van der Waals surface area contributed by atoms with Gasteiger partial charge in [0.2, 0.25) is 5.91 Å². The first kappa shape index (κ1) is 15.9. The van der Waals surface area contributed by atoms with E-state index in [1.165, 1.54) is 24.8 Å². The first-order chi connectivity index (χ1) is 11.7. The molecule has 130 valence electrons. The van der Waals surface area contributed by atoms with Crippen LogP contribution in [-0.2, 0) is 4.79 Å². The van der Waals surface area contributed by atoms with Crippen LogP contribution in [0, 0.1) is 5.92 Å². The molecule has 4 rings (SSSR count). The highest BCUT2D eigenvalue weighted by Gasteiger charge is 2.45. The van der Waals surface area contributed by atoms with Crippen LogP contribution in [0.5, 0.6) is 5.75 Å². The van der Waals surface area contributed by atoms with Crippen molar-refractivity contribution in [3.8, 4) is 5.75 Å². The van der Waals surface area contributed by atoms with Gasteiger partial charge in [0.05, 0.1) is 7.11 Å². The van der Waals surface area contributed by atoms with Crippen molar-refractivity contribution in [2.75, 3.05) is 14.2 Å². The molecule has 2 saturated heterocycles. The molecule has 4 heteroatoms. The van der Waals surface area contributed by atoms with Gasteiger partial charge in [0, 0.05) is 24.0 Å². The summed E-state index contributed by atoms with van der Waals surface area (Å²) in [5.74, 6) is 1.65. The number of nitrogens with zero attached hydrogens (tertiary/aromatic N) is 1. The molecule has 1 aromatic rings. The van der Waals surface area contributed by atoms with Gasteiger partial charge in [-0.25, -0.2) is 0 Å². The fraction of sp³-hybridized carbons (Fsp3) is 0.650. The number of rotatable bonds is 4. The molecule has 2 bridgehead atoms. The minimum atomic E-state index is 0.150. The van der Waals surface area contributed by atoms with Crippen LogP contribution in [0.15, 0.2) is 24.3 Å². The summed E-state index contributed by atoms with van der Waals surface area (Å²) in [5.41, 5.74) is 1.23. The highest BCUT2D eigenvalue weighted by atomic mass is 16.5. The summed E-state index contributed by atoms with van der Waals surface area (Å²) < 4.78 is 5.30. The van der Waals surface area contributed by atoms with E-state index in [9.17, 15) is 4.79 Å². The van der Waals surface area contributed by atoms with Crippen LogP contribution in [0.3, 0.4) is 0 Å². The first-order valence-electron chi connectivity index (χ1n) is 9.32. The van der Waals surface area contributed by atoms with Crippen molar-refractivity contribution in [2.24, 2.45) is 5.92 Å². The molecular weight excluding hydrogens is 300 g/mol. The third-order valence-corrected chi connectivity index (χ3v) is 6.34. The van der Waals surface area contributed by atoms with Crippen LogP contribution in [0.2, 0.25) is 0 Å². The number of carbonyl (C=O) groups is 1. The standard InChI is InChI=1S/C20H28N2O2/c1-22-15-6-4-7-16(22)11-14(10-15)21-20(23)19-12-18(19)13-5-3-8-17(9-13)24-2/h3,5,8-9,14-16,18-19H,4,6-7,10-12H2,1-2H3,(H,21,23)/t14?,15-,16+,18-,19+/m1/s1. The van der Waals surface area contributed by atoms with Crippen molar-refractivity contribution in [1.29, 1.82) is 0 Å². The highest BCUT2D eigenvalue weighted by molar-refractivity contribution is 5.83. The molecule has 5 atom stereocenters. The molecule has 24 heavy (non-hydrogen) atoms. The zero-order valence-corrected chi connectivity index (χ0v) is 14.7. The highest BCUT2D eigenvalue weighted by Crippen LogP contribution is 2.48. The van der Waals surface area contributed by atoms with Crippen molar-refractivity contribution >= 4 is 5.91 Å². The van der Waals surface area contributed by atoms with Gasteiger partial charge < -0.3 is 15.0 Å². The van der Waals surface area contributed by atoms with E-state index in [1.807, 2.05) is 12.1 Å². The lowest BCUT2D eigenvalue weighted by Gasteiger charge is -2.47. The number of fused-ring (bicyclic) bond motifs is 2. The summed E-state index contributed by atoms with van der Waals surface area (Å²) in [6.07, 6.45) is 7.13. The summed E-state index contributed by atoms with van der Waals surface area (Å²) in [7, 11) is 3.94. The van der Waals surface area contributed by atoms with Crippen LogP contribution in [0.1, 0.15) is 50.0 Å². The van der Waals surface area contributed by atoms with Gasteiger partial charge in [-0.15, -0.1) is 0 Å². The van der Waals surface area contributed by atoms with Crippen LogP contribution >= 0.6 is 0 Å². The van der Waals surface area contributed by atoms with E-state index in [4.69, 9.17) is 4.74 Å². The quantitative estimate of drug-likeness (QED) is 0.924. The Bertz CT molecular complexity index is 603. The minimum Gasteiger partial charge on any atom is -0.497 e. The topological polar surface area (TPSA) is 41.6 Å². The van der Waals surface area contributed by atoms with E-state index in [-0.39, 0.29) is 11.8 Å². The number of hydrogen-bond donors (Lipinski definition) is 1. The molecule has 2 aliphatic heterocycles. The zero-order valence-electron chi connectivity index (χ0n) is 14.7. The minimum absolute atomic E-state index is 0.150. The Morgan fingerprint density at radius 2 is 1.96 bits per heavy atom. The zero-order chi connectivity index (χ0) is 16.7. The Balaban J connectivity index is 1.34. The van der Waals surface area contributed by atoms with Gasteiger partial charge in [0.15, 0.2) is 0 Å². The molecule has 1 unspecified atom stereocenters. The van der Waals surface area contributed by atoms with Crippen molar-refractivity contribution < 1.29 is 9.53 Å². The van der Waals surface area contributed by atoms with E-state index in [0.717, 1.165) is 25.0 Å². The number of amides is 1. The first-order valence-corrected chi connectivity index (χ1v) is 9.32. The molecule has 1 aromatic carbocycles. The lowest BCUT2D eigenvalue weighted by molar-refractivity contribution is -0.123. The molecule has 4 nitrogen and oxygen atoms in total. The van der Waals surface area contributed by atoms with E-state index in [2.05, 4.69) is 29.4 Å². The predicted molar refractivity (Wildman–Crippen MR) is 94.2 cm³/mol. The molecule has 1 saturated carbocycles. The maximum Gasteiger partial charge on any atom is 0.223 e. The fourth-order valence-corrected chi connectivity index (χ4v) is 4.77. The monoisotopic (exact) mass is 328 g/mol. The summed E-state index contributed by atoms with van der Waals surface area (Å²) in [4.78, 5) is 15.2. The van der Waals surface area contributed by atoms with E-state index < -0.39 is 0 Å². The van der Waals surface area contributed by atoms with Crippen LogP contribution < -0.4 is 10.1 Å². The van der Waals surface area contributed by atoms with E-state index in [0.29, 0.717) is 24.0 Å². The summed E-state index contributed by atoms with van der Waals surface area (Å²) in [6.45, 7) is 0. The Labute approximate surface area is 144 Å². The molecule has 3 fully saturated rings. The number of benzene rings is 1. The van der Waals surface area contributed by atoms with Gasteiger partial charge in [0.1, 0.15) is 5.75 Å². The molecule has 1 amide bonds. The second kappa shape index (κ2) is 6.40. The third kappa shape index (κ3) is 3.04. The SMILES string of the molecule is COc1cccc([C@H]2C[C@@H]2C(=O)NC2C[C@H]3CCC[C@@H](C2)N3C)c1. The van der Waals surface area contributed by atoms with Gasteiger partial charge in [-0.05, 0) is 62.8 Å². The van der Waals surface area contributed by atoms with Gasteiger partial charge >= 0.3 is 0 Å². The Hall–Kier alpha value is -1.55. The third-order valence-electron chi connectivity index (χ3n) is 6.34. The van der Waals surface area contributed by atoms with Crippen LogP contribution in [0.4, 0.5) is 0 Å². The molecule has 3 aliphatic rings. The van der Waals surface area contributed by atoms with E-state index in [1.54, 1.807) is 7.11 Å². The second-order valence-electron chi connectivity index (χ2n) is 7.81. The molecule has 0 spiro atoms. The molecular formula is C20H28N2O2. The molecule has 0 aromatic heterocycles. The number of methoxy groups -OCH3 is 1. The molecule has 0 radical (unpaired) electrons. The molecule has 1 N–H and O–H groups in total. The van der Waals surface area contributed by atoms with Crippen LogP contribution in [-0.4, -0.2) is 43.1 Å². The Kier molecular flexibility index (Phi) is 4.25. The van der Waals surface area contributed by atoms with E-state index >= 15 is 0 Å². The van der Waals surface area contributed by atoms with Gasteiger partial charge in [0.25, 0.3) is 0 Å². The Morgan fingerprint density at radius 3 is 2.67 bits per heavy atom. The number of nitrogens with one attached hydrogen (secondary N) is 1. The largest absolute Gasteiger partial charge is 0.497 e. The van der Waals surface area contributed by atoms with Crippen LogP contribution in [0.25, 0.3) is 0 Å². The molecule has 2 heterocycles. The average molecular weight is 328 g/mol. The fourth-order valence-electron chi connectivity index (χ4n) is 4.77. The normalized spacial score (nSPS) is 35.3. The number of piperidine rings is 2. The Morgan fingerprint density at radius 1 is 1.21 bits per heavy atom. The predicted octanol–water partition coefficient (Wildman–Crippen LogP) is 2.93. The average Bonchev–Trinajstić information content (AvgIpc) is 3.37. The second-order valence-corrected chi connectivity index (χ2v) is 7.81. The summed E-state index contributed by atoms with van der Waals surface area (Å²) in [5, 5.41) is 3.36. The van der Waals surface area contributed by atoms with Gasteiger partial charge in [-0.2, -0.15) is 0 Å². The molecule has 1 aliphatic carbocycles. The van der Waals surface area contributed by atoms with Crippen molar-refractivity contribution in [3.63, 3.8) is 0 Å². The van der Waals surface area contributed by atoms with Crippen molar-refractivity contribution in [3.05, 3.63) is 29.8 Å². The maximum atomic E-state index is 12.7. The van der Waals surface area contributed by atoms with Gasteiger partial charge in [-0.1, -0.05) is 18.6 Å². The number of ether oxygens (including phenoxy) is 1. The maximum absolute atomic E-state index is 12.7. The lowest BCUT2D eigenvalue weighted by atomic mass is 9.82. The van der Waals surface area contributed by atoms with Crippen molar-refractivity contribution in [2.45, 2.75) is 62.6 Å². The lowest BCUT2D eigenvalue weighted by Crippen LogP contribution is -2.55. The van der Waals surface area contributed by atoms with Gasteiger partial charge in [-0.3, -0.25) is 4.79 Å². The van der Waals surface area contributed by atoms with Crippen molar-refractivity contribution in [1.82, 2.24) is 10.2 Å². The number of carbonyl (C=O) groups excluding carboxylic acids is 1.